The molecule has 0 aromatic carbocycles. The Hall–Kier alpha value is -1.31. The highest BCUT2D eigenvalue weighted by atomic mass is 32.1. The van der Waals surface area contributed by atoms with E-state index in [1.165, 1.54) is 30.6 Å². The Labute approximate surface area is 118 Å². The summed E-state index contributed by atoms with van der Waals surface area (Å²) in [5.74, 6) is 5.79. The van der Waals surface area contributed by atoms with Gasteiger partial charge >= 0.3 is 0 Å². The number of aliphatic hydroxyl groups is 1. The van der Waals surface area contributed by atoms with E-state index in [0.29, 0.717) is 16.7 Å². The fourth-order valence-corrected chi connectivity index (χ4v) is 2.87. The molecule has 0 aliphatic heterocycles. The predicted molar refractivity (Wildman–Crippen MR) is 77.2 cm³/mol. The lowest BCUT2D eigenvalue weighted by Crippen LogP contribution is -2.39. The molecule has 1 aliphatic rings. The molecule has 4 heteroatoms. The van der Waals surface area contributed by atoms with Crippen LogP contribution in [-0.2, 0) is 0 Å². The SMILES string of the molecule is CC1(CNC(=O)c2ccc(C#CCCO)s2)CCC1. The predicted octanol–water partition coefficient (Wildman–Crippen LogP) is 2.40. The molecular weight excluding hydrogens is 258 g/mol. The lowest BCUT2D eigenvalue weighted by molar-refractivity contribution is 0.0895. The number of nitrogens with one attached hydrogen (secondary N) is 1. The minimum absolute atomic E-state index is 0.00617. The van der Waals surface area contributed by atoms with Crippen LogP contribution in [-0.4, -0.2) is 24.2 Å². The Morgan fingerprint density at radius 1 is 1.53 bits per heavy atom. The molecule has 1 saturated carbocycles. The first-order valence-electron chi connectivity index (χ1n) is 6.61. The fourth-order valence-electron chi connectivity index (χ4n) is 2.07. The first-order valence-corrected chi connectivity index (χ1v) is 7.42. The maximum atomic E-state index is 12.0. The van der Waals surface area contributed by atoms with Crippen molar-refractivity contribution >= 4 is 17.2 Å². The van der Waals surface area contributed by atoms with Crippen LogP contribution in [0.3, 0.4) is 0 Å². The normalized spacial score (nSPS) is 16.1. The second kappa shape index (κ2) is 6.23. The minimum atomic E-state index is -0.00617. The summed E-state index contributed by atoms with van der Waals surface area (Å²) in [6.45, 7) is 3.05. The van der Waals surface area contributed by atoms with Gasteiger partial charge in [-0.1, -0.05) is 25.2 Å². The molecule has 102 valence electrons. The number of thiophene rings is 1. The van der Waals surface area contributed by atoms with Gasteiger partial charge in [-0.2, -0.15) is 0 Å². The van der Waals surface area contributed by atoms with Gasteiger partial charge in [0.25, 0.3) is 5.91 Å². The average molecular weight is 277 g/mol. The molecule has 1 aromatic heterocycles. The van der Waals surface area contributed by atoms with E-state index in [-0.39, 0.29) is 12.5 Å². The molecule has 0 unspecified atom stereocenters. The van der Waals surface area contributed by atoms with Crippen molar-refractivity contribution in [3.05, 3.63) is 21.9 Å². The molecule has 0 atom stereocenters. The second-order valence-corrected chi connectivity index (χ2v) is 6.37. The summed E-state index contributed by atoms with van der Waals surface area (Å²) in [4.78, 5) is 13.6. The van der Waals surface area contributed by atoms with Crippen LogP contribution >= 0.6 is 11.3 Å². The molecular formula is C15H19NO2S. The second-order valence-electron chi connectivity index (χ2n) is 5.29. The van der Waals surface area contributed by atoms with E-state index in [1.54, 1.807) is 0 Å². The molecule has 1 aliphatic carbocycles. The molecule has 1 amide bonds. The molecule has 0 radical (unpaired) electrons. The molecule has 2 rings (SSSR count). The van der Waals surface area contributed by atoms with Crippen molar-refractivity contribution < 1.29 is 9.90 Å². The summed E-state index contributed by atoms with van der Waals surface area (Å²) in [7, 11) is 0. The van der Waals surface area contributed by atoms with Gasteiger partial charge in [0.1, 0.15) is 0 Å². The van der Waals surface area contributed by atoms with Crippen LogP contribution in [0.4, 0.5) is 0 Å². The topological polar surface area (TPSA) is 49.3 Å². The molecule has 19 heavy (non-hydrogen) atoms. The number of carbonyl (C=O) groups excluding carboxylic acids is 1. The van der Waals surface area contributed by atoms with Crippen LogP contribution in [0.15, 0.2) is 12.1 Å². The highest BCUT2D eigenvalue weighted by Gasteiger charge is 2.31. The first kappa shape index (κ1) is 14.1. The van der Waals surface area contributed by atoms with E-state index in [4.69, 9.17) is 5.11 Å². The first-order chi connectivity index (χ1) is 9.13. The Morgan fingerprint density at radius 3 is 2.95 bits per heavy atom. The van der Waals surface area contributed by atoms with Crippen molar-refractivity contribution in [3.63, 3.8) is 0 Å². The highest BCUT2D eigenvalue weighted by molar-refractivity contribution is 7.14. The van der Waals surface area contributed by atoms with Crippen LogP contribution in [0.25, 0.3) is 0 Å². The zero-order chi connectivity index (χ0) is 13.7. The van der Waals surface area contributed by atoms with E-state index in [9.17, 15) is 4.79 Å². The highest BCUT2D eigenvalue weighted by Crippen LogP contribution is 2.39. The van der Waals surface area contributed by atoms with Crippen LogP contribution in [0, 0.1) is 17.3 Å². The molecule has 0 saturated heterocycles. The number of hydrogen-bond donors (Lipinski definition) is 2. The zero-order valence-corrected chi connectivity index (χ0v) is 12.0. The molecule has 1 aromatic rings. The van der Waals surface area contributed by atoms with Crippen LogP contribution in [0.1, 0.15) is 47.2 Å². The minimum Gasteiger partial charge on any atom is -0.395 e. The van der Waals surface area contributed by atoms with E-state index in [0.717, 1.165) is 11.4 Å². The van der Waals surface area contributed by atoms with Crippen molar-refractivity contribution in [1.82, 2.24) is 5.32 Å². The summed E-state index contributed by atoms with van der Waals surface area (Å²) in [6.07, 6.45) is 4.15. The van der Waals surface area contributed by atoms with Crippen molar-refractivity contribution in [2.75, 3.05) is 13.2 Å². The summed E-state index contributed by atoms with van der Waals surface area (Å²) in [6, 6.07) is 3.67. The Kier molecular flexibility index (Phi) is 4.62. The van der Waals surface area contributed by atoms with Gasteiger partial charge in [0, 0.05) is 13.0 Å². The van der Waals surface area contributed by atoms with Gasteiger partial charge in [-0.05, 0) is 30.4 Å². The largest absolute Gasteiger partial charge is 0.395 e. The summed E-state index contributed by atoms with van der Waals surface area (Å²) >= 11 is 1.40. The molecule has 2 N–H and O–H groups in total. The summed E-state index contributed by atoms with van der Waals surface area (Å²) in [5.41, 5.74) is 0.302. The van der Waals surface area contributed by atoms with Gasteiger partial charge in [0.05, 0.1) is 16.4 Å². The van der Waals surface area contributed by atoms with Crippen LogP contribution < -0.4 is 5.32 Å². The third-order valence-corrected chi connectivity index (χ3v) is 4.51. The lowest BCUT2D eigenvalue weighted by Gasteiger charge is -2.38. The third kappa shape index (κ3) is 3.82. The molecule has 0 bridgehead atoms. The lowest BCUT2D eigenvalue weighted by atomic mass is 9.70. The maximum absolute atomic E-state index is 12.0. The Balaban J connectivity index is 1.87. The van der Waals surface area contributed by atoms with Crippen molar-refractivity contribution in [2.45, 2.75) is 32.6 Å². The van der Waals surface area contributed by atoms with Gasteiger partial charge < -0.3 is 10.4 Å². The average Bonchev–Trinajstić information content (AvgIpc) is 2.83. The summed E-state index contributed by atoms with van der Waals surface area (Å²) in [5, 5.41) is 11.7. The fraction of sp³-hybridized carbons (Fsp3) is 0.533. The van der Waals surface area contributed by atoms with Gasteiger partial charge in [0.15, 0.2) is 0 Å². The van der Waals surface area contributed by atoms with Crippen LogP contribution in [0.5, 0.6) is 0 Å². The molecule has 1 fully saturated rings. The maximum Gasteiger partial charge on any atom is 0.261 e. The quantitative estimate of drug-likeness (QED) is 0.830. The number of carbonyl (C=O) groups is 1. The van der Waals surface area contributed by atoms with Gasteiger partial charge in [-0.25, -0.2) is 0 Å². The Bertz CT molecular complexity index is 506. The number of amides is 1. The van der Waals surface area contributed by atoms with Gasteiger partial charge in [-0.15, -0.1) is 11.3 Å². The zero-order valence-electron chi connectivity index (χ0n) is 11.2. The van der Waals surface area contributed by atoms with Crippen molar-refractivity contribution in [1.29, 1.82) is 0 Å². The Morgan fingerprint density at radius 2 is 2.32 bits per heavy atom. The van der Waals surface area contributed by atoms with Gasteiger partial charge in [0.2, 0.25) is 0 Å². The third-order valence-electron chi connectivity index (χ3n) is 3.51. The summed E-state index contributed by atoms with van der Waals surface area (Å²) < 4.78 is 0. The molecule has 1 heterocycles. The number of rotatable bonds is 4. The smallest absolute Gasteiger partial charge is 0.261 e. The molecule has 0 spiro atoms. The molecule has 3 nitrogen and oxygen atoms in total. The van der Waals surface area contributed by atoms with Crippen molar-refractivity contribution in [2.24, 2.45) is 5.41 Å². The van der Waals surface area contributed by atoms with Gasteiger partial charge in [-0.3, -0.25) is 4.79 Å². The monoisotopic (exact) mass is 277 g/mol. The van der Waals surface area contributed by atoms with E-state index < -0.39 is 0 Å². The van der Waals surface area contributed by atoms with Crippen LogP contribution in [0.2, 0.25) is 0 Å². The van der Waals surface area contributed by atoms with E-state index >= 15 is 0 Å². The number of hydrogen-bond acceptors (Lipinski definition) is 3. The van der Waals surface area contributed by atoms with E-state index in [2.05, 4.69) is 24.1 Å². The van der Waals surface area contributed by atoms with Crippen molar-refractivity contribution in [3.8, 4) is 11.8 Å². The number of aliphatic hydroxyl groups excluding tert-OH is 1. The van der Waals surface area contributed by atoms with E-state index in [1.807, 2.05) is 12.1 Å². The standard InChI is InChI=1S/C15H19NO2S/c1-15(8-4-9-15)11-16-14(18)13-7-6-12(19-13)5-2-3-10-17/h6-7,17H,3-4,8-11H2,1H3,(H,16,18).